The van der Waals surface area contributed by atoms with Crippen molar-refractivity contribution in [2.75, 3.05) is 7.11 Å². The van der Waals surface area contributed by atoms with Crippen LogP contribution in [0.1, 0.15) is 170 Å². The molecule has 17 heteroatoms. The van der Waals surface area contributed by atoms with Gasteiger partial charge in [-0.1, -0.05) is 156 Å². The maximum Gasteiger partial charge on any atom is 0.326 e. The number of methoxy groups -OCH3 is 1. The van der Waals surface area contributed by atoms with E-state index >= 15 is 0 Å². The van der Waals surface area contributed by atoms with E-state index in [-0.39, 0.29) is 53.9 Å². The number of esters is 2. The lowest BCUT2D eigenvalue weighted by Crippen LogP contribution is -2.47. The molecule has 0 spiro atoms. The third-order valence-electron chi connectivity index (χ3n) is 12.0. The van der Waals surface area contributed by atoms with Crippen LogP contribution in [-0.4, -0.2) is 96.8 Å². The molecule has 0 aliphatic carbocycles. The first-order valence-corrected chi connectivity index (χ1v) is 26.6. The zero-order valence-corrected chi connectivity index (χ0v) is 47.6. The minimum Gasteiger partial charge on any atom is -0.504 e. The van der Waals surface area contributed by atoms with Gasteiger partial charge in [-0.15, -0.1) is 0 Å². The molecule has 0 bridgehead atoms. The third kappa shape index (κ3) is 32.8. The van der Waals surface area contributed by atoms with Crippen molar-refractivity contribution in [1.82, 2.24) is 5.32 Å². The van der Waals surface area contributed by atoms with Gasteiger partial charge >= 0.3 is 29.8 Å². The fourth-order valence-electron chi connectivity index (χ4n) is 6.37. The van der Waals surface area contributed by atoms with Crippen molar-refractivity contribution in [3.05, 3.63) is 95.6 Å². The SMILES string of the molecule is CC/C=C/CC.CCC(C)OC.CCC(C)c1ccccc1.CCCC.CCCC(C(=O)NC(Cc1ccc(O)c(O)c1)C(=O)O)C(C)C(=O)O.CCCC1C(=O)OC(=O)C1C.N[C@@H](Cc1ccc(O)c(O)c1)C(=O)O. The second-order valence-electron chi connectivity index (χ2n) is 18.3. The Balaban J connectivity index is -0.000000892. The Labute approximate surface area is 452 Å². The van der Waals surface area contributed by atoms with Gasteiger partial charge in [0, 0.05) is 13.5 Å². The third-order valence-corrected chi connectivity index (χ3v) is 12.0. The van der Waals surface area contributed by atoms with E-state index in [1.807, 2.05) is 13.8 Å². The van der Waals surface area contributed by atoms with Crippen molar-refractivity contribution >= 4 is 35.8 Å². The quantitative estimate of drug-likeness (QED) is 0.0207. The topological polar surface area (TPSA) is 301 Å². The molecule has 0 saturated carbocycles. The van der Waals surface area contributed by atoms with E-state index in [1.165, 1.54) is 81.0 Å². The first-order valence-electron chi connectivity index (χ1n) is 26.6. The highest BCUT2D eigenvalue weighted by Crippen LogP contribution is 2.28. The molecule has 17 nitrogen and oxygen atoms in total. The highest BCUT2D eigenvalue weighted by atomic mass is 16.6. The summed E-state index contributed by atoms with van der Waals surface area (Å²) in [6, 6.07) is 16.3. The predicted octanol–water partition coefficient (Wildman–Crippen LogP) is 11.3. The molecule has 1 heterocycles. The van der Waals surface area contributed by atoms with Gasteiger partial charge in [-0.05, 0) is 98.7 Å². The van der Waals surface area contributed by atoms with E-state index in [2.05, 4.69) is 108 Å². The van der Waals surface area contributed by atoms with Crippen LogP contribution in [0, 0.1) is 23.7 Å². The highest BCUT2D eigenvalue weighted by Gasteiger charge is 2.40. The van der Waals surface area contributed by atoms with Crippen LogP contribution in [0.25, 0.3) is 0 Å². The number of benzene rings is 3. The smallest absolute Gasteiger partial charge is 0.326 e. The number of carboxylic acid groups (broad SMARTS) is 3. The number of aromatic hydroxyl groups is 4. The van der Waals surface area contributed by atoms with Crippen LogP contribution in [0.2, 0.25) is 0 Å². The number of ether oxygens (including phenoxy) is 2. The molecule has 0 radical (unpaired) electrons. The molecule has 3 aromatic carbocycles. The van der Waals surface area contributed by atoms with E-state index in [0.29, 0.717) is 36.0 Å². The number of nitrogens with two attached hydrogens (primary N) is 1. The fourth-order valence-corrected chi connectivity index (χ4v) is 6.37. The molecular formula is C59H94N2O15. The first-order chi connectivity index (χ1) is 35.8. The second kappa shape index (κ2) is 43.7. The number of unbranched alkanes of at least 4 members (excludes halogenated alkanes) is 1. The number of aliphatic carboxylic acids is 3. The number of hydrogen-bond acceptors (Lipinski definition) is 13. The summed E-state index contributed by atoms with van der Waals surface area (Å²) in [7, 11) is 1.73. The lowest BCUT2D eigenvalue weighted by Gasteiger charge is -2.22. The van der Waals surface area contributed by atoms with Gasteiger partial charge in [0.2, 0.25) is 5.91 Å². The van der Waals surface area contributed by atoms with Crippen LogP contribution in [0.15, 0.2) is 78.9 Å². The Morgan fingerprint density at radius 1 is 0.658 bits per heavy atom. The van der Waals surface area contributed by atoms with E-state index in [9.17, 15) is 44.1 Å². The van der Waals surface area contributed by atoms with Gasteiger partial charge in [0.1, 0.15) is 12.1 Å². The fraction of sp³-hybridized carbons (Fsp3) is 0.559. The maximum absolute atomic E-state index is 12.4. The lowest BCUT2D eigenvalue weighted by atomic mass is 9.88. The van der Waals surface area contributed by atoms with Gasteiger partial charge in [-0.25, -0.2) is 4.79 Å². The van der Waals surface area contributed by atoms with Gasteiger partial charge in [0.05, 0.1) is 29.8 Å². The Bertz CT molecular complexity index is 2100. The van der Waals surface area contributed by atoms with E-state index in [4.69, 9.17) is 30.9 Å². The second-order valence-corrected chi connectivity index (χ2v) is 18.3. The molecule has 1 aliphatic heterocycles. The van der Waals surface area contributed by atoms with Crippen LogP contribution in [-0.2, 0) is 51.1 Å². The van der Waals surface area contributed by atoms with Gasteiger partial charge < -0.3 is 56.3 Å². The maximum atomic E-state index is 12.4. The van der Waals surface area contributed by atoms with Gasteiger partial charge in [0.15, 0.2) is 23.0 Å². The number of carbonyl (C=O) groups is 6. The molecule has 10 N–H and O–H groups in total. The van der Waals surface area contributed by atoms with Crippen molar-refractivity contribution in [1.29, 1.82) is 0 Å². The first kappa shape index (κ1) is 73.8. The molecule has 1 amide bonds. The summed E-state index contributed by atoms with van der Waals surface area (Å²) < 4.78 is 9.36. The number of carbonyl (C=O) groups excluding carboxylic acids is 3. The monoisotopic (exact) mass is 1070 g/mol. The minimum absolute atomic E-state index is 0.114. The normalized spacial score (nSPS) is 15.5. The van der Waals surface area contributed by atoms with Gasteiger partial charge in [-0.2, -0.15) is 0 Å². The Morgan fingerprint density at radius 2 is 1.16 bits per heavy atom. The highest BCUT2D eigenvalue weighted by molar-refractivity contribution is 5.96. The Morgan fingerprint density at radius 3 is 1.49 bits per heavy atom. The van der Waals surface area contributed by atoms with Crippen LogP contribution >= 0.6 is 0 Å². The van der Waals surface area contributed by atoms with Crippen molar-refractivity contribution in [2.24, 2.45) is 29.4 Å². The molecule has 1 saturated heterocycles. The number of nitrogens with one attached hydrogen (secondary N) is 1. The molecular weight excluding hydrogens is 977 g/mol. The summed E-state index contributed by atoms with van der Waals surface area (Å²) in [5.74, 6) is -7.57. The molecule has 0 aromatic heterocycles. The number of carboxylic acids is 3. The minimum atomic E-state index is -1.28. The number of hydrogen-bond donors (Lipinski definition) is 9. The Hall–Kier alpha value is -6.46. The Kier molecular flexibility index (Phi) is 42.5. The van der Waals surface area contributed by atoms with Gasteiger partial charge in [-0.3, -0.25) is 24.0 Å². The molecule has 430 valence electrons. The molecule has 3 aromatic rings. The molecule has 4 rings (SSSR count). The van der Waals surface area contributed by atoms with Crippen LogP contribution < -0.4 is 11.1 Å². The van der Waals surface area contributed by atoms with Crippen molar-refractivity contribution < 1.29 is 74.0 Å². The molecule has 8 atom stereocenters. The van der Waals surface area contributed by atoms with Crippen molar-refractivity contribution in [3.8, 4) is 23.0 Å². The molecule has 76 heavy (non-hydrogen) atoms. The van der Waals surface area contributed by atoms with E-state index in [0.717, 1.165) is 19.3 Å². The van der Waals surface area contributed by atoms with E-state index in [1.54, 1.807) is 14.0 Å². The number of rotatable bonds is 21. The number of phenols is 4. The van der Waals surface area contributed by atoms with Gasteiger partial charge in [0.25, 0.3) is 0 Å². The summed E-state index contributed by atoms with van der Waals surface area (Å²) in [4.78, 5) is 67.2. The van der Waals surface area contributed by atoms with Crippen molar-refractivity contribution in [2.45, 2.75) is 184 Å². The summed E-state index contributed by atoms with van der Waals surface area (Å²) in [5, 5.41) is 66.2. The number of allylic oxidation sites excluding steroid dienone is 2. The summed E-state index contributed by atoms with van der Waals surface area (Å²) >= 11 is 0. The van der Waals surface area contributed by atoms with Crippen LogP contribution in [0.3, 0.4) is 0 Å². The van der Waals surface area contributed by atoms with Crippen LogP contribution in [0.5, 0.6) is 23.0 Å². The molecule has 1 aliphatic rings. The average molecular weight is 1070 g/mol. The summed E-state index contributed by atoms with van der Waals surface area (Å²) in [5.41, 5.74) is 7.71. The lowest BCUT2D eigenvalue weighted by molar-refractivity contribution is -0.154. The standard InChI is InChI=1S/C17H23NO7.C10H14.C9H11NO4.C8H12O3.C6H12.C5H12O.C4H10/c1-3-4-11(9(2)16(22)23)15(21)18-12(17(24)25)7-10-5-6-13(19)14(20)8-10;1-3-9(2)10-7-5-4-6-8-10;10-6(9(13)14)3-5-1-2-7(11)8(12)4-5;1-3-4-6-5(2)7(9)11-8(6)10;1-3-5-6-4-2;1-4-5(2)6-3;1-3-4-2/h5-6,8-9,11-12,19-20H,3-4,7H2,1-2H3,(H,18,21)(H,22,23)(H,24,25);4-9H,3H2,1-2H3;1-2,4,6,11-12H,3,10H2,(H,13,14);5-6H,3-4H2,1-2H3;5-6H,3-4H2,1-2H3;5H,4H2,1-3H3;3-4H2,1-2H3/b;;;;6-5+;;/t;;6-;;;;/m..0..../s1. The number of amides is 1. The summed E-state index contributed by atoms with van der Waals surface area (Å²) in [6.07, 6.45) is 14.7. The average Bonchev–Trinajstić information content (AvgIpc) is 3.64. The van der Waals surface area contributed by atoms with Crippen LogP contribution in [0.4, 0.5) is 0 Å². The zero-order valence-electron chi connectivity index (χ0n) is 47.6. The predicted molar refractivity (Wildman–Crippen MR) is 298 cm³/mol. The zero-order chi connectivity index (χ0) is 58.9. The molecule has 1 fully saturated rings. The number of cyclic esters (lactones) is 2. The van der Waals surface area contributed by atoms with E-state index < -0.39 is 53.5 Å². The largest absolute Gasteiger partial charge is 0.504 e. The molecule has 7 unspecified atom stereocenters. The summed E-state index contributed by atoms with van der Waals surface area (Å²) in [6.45, 7) is 24.2. The van der Waals surface area contributed by atoms with Crippen molar-refractivity contribution in [3.63, 3.8) is 0 Å². The number of phenolic OH excluding ortho intramolecular Hbond substituents is 4.